The first-order valence-electron chi connectivity index (χ1n) is 11.4. The monoisotopic (exact) mass is 366 g/mol. The number of hydrogen-bond donors (Lipinski definition) is 0. The molecular formula is C24H46O2. The third-order valence-corrected chi connectivity index (χ3v) is 5.78. The second-order valence-corrected chi connectivity index (χ2v) is 7.93. The van der Waals surface area contributed by atoms with E-state index in [1.54, 1.807) is 5.57 Å². The van der Waals surface area contributed by atoms with Gasteiger partial charge >= 0.3 is 5.97 Å². The summed E-state index contributed by atoms with van der Waals surface area (Å²) in [6, 6.07) is 0. The van der Waals surface area contributed by atoms with Crippen molar-refractivity contribution in [2.24, 2.45) is 11.3 Å². The Hall–Kier alpha value is -0.790. The van der Waals surface area contributed by atoms with Crippen LogP contribution in [0, 0.1) is 11.3 Å². The van der Waals surface area contributed by atoms with E-state index < -0.39 is 0 Å². The molecule has 0 aliphatic heterocycles. The first kappa shape index (κ1) is 25.2. The van der Waals surface area contributed by atoms with Gasteiger partial charge < -0.3 is 4.74 Å². The molecule has 0 amide bonds. The first-order valence-corrected chi connectivity index (χ1v) is 11.4. The van der Waals surface area contributed by atoms with Gasteiger partial charge in [0, 0.05) is 5.41 Å². The van der Waals surface area contributed by atoms with E-state index in [2.05, 4.69) is 47.6 Å². The molecule has 2 nitrogen and oxygen atoms in total. The number of carbonyl (C=O) groups excluding carboxylic acids is 1. The molecular weight excluding hydrogens is 320 g/mol. The summed E-state index contributed by atoms with van der Waals surface area (Å²) in [5, 5.41) is 0. The normalized spacial score (nSPS) is 15.5. The Kier molecular flexibility index (Phi) is 14.8. The summed E-state index contributed by atoms with van der Waals surface area (Å²) in [5.41, 5.74) is 1.56. The molecule has 0 fully saturated rings. The van der Waals surface area contributed by atoms with Crippen molar-refractivity contribution < 1.29 is 9.53 Å². The molecule has 0 saturated carbocycles. The fraction of sp³-hybridized carbons (Fsp3) is 0.875. The molecule has 2 unspecified atom stereocenters. The summed E-state index contributed by atoms with van der Waals surface area (Å²) in [6.07, 6.45) is 15.9. The SMILES string of the molecule is CCCC/C(=C/C(CC)(CCCC)COC(=O)C(CC)CCCC)CC. The zero-order chi connectivity index (χ0) is 19.8. The van der Waals surface area contributed by atoms with Crippen molar-refractivity contribution >= 4 is 5.97 Å². The molecule has 154 valence electrons. The van der Waals surface area contributed by atoms with Crippen LogP contribution in [0.2, 0.25) is 0 Å². The average Bonchev–Trinajstić information content (AvgIpc) is 2.67. The van der Waals surface area contributed by atoms with Crippen LogP contribution in [-0.2, 0) is 9.53 Å². The van der Waals surface area contributed by atoms with Crippen LogP contribution in [0.4, 0.5) is 0 Å². The van der Waals surface area contributed by atoms with Crippen LogP contribution in [0.3, 0.4) is 0 Å². The predicted octanol–water partition coefficient (Wildman–Crippen LogP) is 7.86. The van der Waals surface area contributed by atoms with Gasteiger partial charge in [-0.3, -0.25) is 4.79 Å². The Labute approximate surface area is 164 Å². The van der Waals surface area contributed by atoms with Gasteiger partial charge in [-0.15, -0.1) is 0 Å². The molecule has 0 aromatic rings. The van der Waals surface area contributed by atoms with Gasteiger partial charge in [0.05, 0.1) is 5.92 Å². The lowest BCUT2D eigenvalue weighted by molar-refractivity contribution is -0.152. The number of rotatable bonds is 16. The van der Waals surface area contributed by atoms with Crippen LogP contribution < -0.4 is 0 Å². The number of carbonyl (C=O) groups is 1. The summed E-state index contributed by atoms with van der Waals surface area (Å²) < 4.78 is 5.91. The van der Waals surface area contributed by atoms with Gasteiger partial charge in [0.15, 0.2) is 0 Å². The molecule has 0 radical (unpaired) electrons. The third-order valence-electron chi connectivity index (χ3n) is 5.78. The van der Waals surface area contributed by atoms with E-state index in [4.69, 9.17) is 4.74 Å². The van der Waals surface area contributed by atoms with E-state index in [1.807, 2.05) is 0 Å². The quantitative estimate of drug-likeness (QED) is 0.205. The largest absolute Gasteiger partial charge is 0.465 e. The number of esters is 1. The number of hydrogen-bond acceptors (Lipinski definition) is 2. The number of ether oxygens (including phenoxy) is 1. The summed E-state index contributed by atoms with van der Waals surface area (Å²) in [4.78, 5) is 12.6. The molecule has 2 atom stereocenters. The molecule has 0 aromatic heterocycles. The van der Waals surface area contributed by atoms with E-state index in [-0.39, 0.29) is 17.3 Å². The minimum Gasteiger partial charge on any atom is -0.465 e. The van der Waals surface area contributed by atoms with Crippen LogP contribution in [0.15, 0.2) is 11.6 Å². The highest BCUT2D eigenvalue weighted by Crippen LogP contribution is 2.34. The smallest absolute Gasteiger partial charge is 0.308 e. The zero-order valence-electron chi connectivity index (χ0n) is 18.7. The van der Waals surface area contributed by atoms with Crippen molar-refractivity contribution in [2.75, 3.05) is 6.61 Å². The molecule has 2 heteroatoms. The Bertz CT molecular complexity index is 386. The second-order valence-electron chi connectivity index (χ2n) is 7.93. The van der Waals surface area contributed by atoms with Crippen molar-refractivity contribution in [3.63, 3.8) is 0 Å². The molecule has 0 spiro atoms. The summed E-state index contributed by atoms with van der Waals surface area (Å²) in [5.74, 6) is 0.0978. The van der Waals surface area contributed by atoms with Crippen molar-refractivity contribution in [1.29, 1.82) is 0 Å². The molecule has 0 rings (SSSR count). The molecule has 0 N–H and O–H groups in total. The van der Waals surface area contributed by atoms with Crippen molar-refractivity contribution in [3.8, 4) is 0 Å². The fourth-order valence-corrected chi connectivity index (χ4v) is 3.56. The highest BCUT2D eigenvalue weighted by Gasteiger charge is 2.29. The highest BCUT2D eigenvalue weighted by molar-refractivity contribution is 5.72. The van der Waals surface area contributed by atoms with Gasteiger partial charge in [-0.25, -0.2) is 0 Å². The van der Waals surface area contributed by atoms with Crippen molar-refractivity contribution in [3.05, 3.63) is 11.6 Å². The second kappa shape index (κ2) is 15.3. The van der Waals surface area contributed by atoms with Crippen LogP contribution >= 0.6 is 0 Å². The van der Waals surface area contributed by atoms with E-state index in [1.165, 1.54) is 32.1 Å². The number of allylic oxidation sites excluding steroid dienone is 1. The van der Waals surface area contributed by atoms with E-state index >= 15 is 0 Å². The fourth-order valence-electron chi connectivity index (χ4n) is 3.56. The maximum Gasteiger partial charge on any atom is 0.308 e. The maximum atomic E-state index is 12.6. The van der Waals surface area contributed by atoms with E-state index in [0.717, 1.165) is 44.9 Å². The molecule has 0 saturated heterocycles. The van der Waals surface area contributed by atoms with Gasteiger partial charge in [-0.1, -0.05) is 85.3 Å². The summed E-state index contributed by atoms with van der Waals surface area (Å²) >= 11 is 0. The summed E-state index contributed by atoms with van der Waals surface area (Å²) in [6.45, 7) is 13.8. The molecule has 0 heterocycles. The average molecular weight is 367 g/mol. The minimum absolute atomic E-state index is 0.0216. The Morgan fingerprint density at radius 2 is 1.62 bits per heavy atom. The van der Waals surface area contributed by atoms with Crippen molar-refractivity contribution in [1.82, 2.24) is 0 Å². The topological polar surface area (TPSA) is 26.3 Å². The lowest BCUT2D eigenvalue weighted by Crippen LogP contribution is -2.29. The molecule has 0 bridgehead atoms. The predicted molar refractivity (Wildman–Crippen MR) is 114 cm³/mol. The minimum atomic E-state index is 0.0216. The third kappa shape index (κ3) is 9.78. The van der Waals surface area contributed by atoms with Crippen LogP contribution in [0.25, 0.3) is 0 Å². The standard InChI is InChI=1S/C24H46O2/c1-7-13-16-21(10-4)19-24(12-6,18-15-9-3)20-26-23(25)22(11-5)17-14-8-2/h19,22H,7-18,20H2,1-6H3/b21-19+. The van der Waals surface area contributed by atoms with E-state index in [0.29, 0.717) is 6.61 Å². The lowest BCUT2D eigenvalue weighted by Gasteiger charge is -2.31. The van der Waals surface area contributed by atoms with Crippen LogP contribution in [0.5, 0.6) is 0 Å². The Balaban J connectivity index is 5.15. The van der Waals surface area contributed by atoms with Crippen molar-refractivity contribution in [2.45, 2.75) is 119 Å². The molecule has 26 heavy (non-hydrogen) atoms. The summed E-state index contributed by atoms with van der Waals surface area (Å²) in [7, 11) is 0. The van der Waals surface area contributed by atoms with Crippen LogP contribution in [-0.4, -0.2) is 12.6 Å². The van der Waals surface area contributed by atoms with Gasteiger partial charge in [-0.2, -0.15) is 0 Å². The van der Waals surface area contributed by atoms with Gasteiger partial charge in [-0.05, 0) is 44.9 Å². The molecule has 0 aliphatic carbocycles. The first-order chi connectivity index (χ1) is 12.5. The zero-order valence-corrected chi connectivity index (χ0v) is 18.7. The van der Waals surface area contributed by atoms with Gasteiger partial charge in [0.25, 0.3) is 0 Å². The Morgan fingerprint density at radius 1 is 0.962 bits per heavy atom. The van der Waals surface area contributed by atoms with Crippen LogP contribution in [0.1, 0.15) is 119 Å². The number of unbranched alkanes of at least 4 members (excludes halogenated alkanes) is 3. The molecule has 0 aliphatic rings. The highest BCUT2D eigenvalue weighted by atomic mass is 16.5. The molecule has 0 aromatic carbocycles. The Morgan fingerprint density at radius 3 is 2.12 bits per heavy atom. The maximum absolute atomic E-state index is 12.6. The van der Waals surface area contributed by atoms with E-state index in [9.17, 15) is 4.79 Å². The van der Waals surface area contributed by atoms with Gasteiger partial charge in [0.1, 0.15) is 6.61 Å². The lowest BCUT2D eigenvalue weighted by atomic mass is 9.78. The van der Waals surface area contributed by atoms with Gasteiger partial charge in [0.2, 0.25) is 0 Å².